The van der Waals surface area contributed by atoms with E-state index < -0.39 is 35.8 Å². The van der Waals surface area contributed by atoms with Crippen molar-refractivity contribution in [1.29, 1.82) is 0 Å². The number of carbonyl (C=O) groups is 8. The molecule has 0 spiro atoms. The normalized spacial score (nSPS) is 9.51. The van der Waals surface area contributed by atoms with E-state index in [-0.39, 0.29) is 36.6 Å². The Balaban J connectivity index is 0. The number of nitrogens with zero attached hydrogens (tertiary/aromatic N) is 3. The molecule has 0 aliphatic rings. The number of aliphatic hydroxyl groups is 1. The molecule has 0 fully saturated rings. The average molecular weight is 770 g/mol. The molecule has 0 saturated carbocycles. The topological polar surface area (TPSA) is 273 Å². The number of carbonyl (C=O) groups excluding carboxylic acids is 6. The SMILES string of the molecule is CC(=O)OC(C)=O.CCOC(=O)/C=C/c1ccc(C(=O)O)cn1.CCOC(=O)/C=C/c1ccc(CO)cn1.CCOC(=O)C=O.Cc1ccc(C(=O)O)cn1. The molecule has 18 nitrogen and oxygen atoms in total. The van der Waals surface area contributed by atoms with Gasteiger partial charge in [0.15, 0.2) is 0 Å². The second-order valence-electron chi connectivity index (χ2n) is 9.65. The zero-order valence-corrected chi connectivity index (χ0v) is 31.0. The van der Waals surface area contributed by atoms with Crippen molar-refractivity contribution in [2.45, 2.75) is 48.1 Å². The lowest BCUT2D eigenvalue weighted by atomic mass is 10.2. The number of aromatic nitrogens is 3. The Labute approximate surface area is 316 Å². The van der Waals surface area contributed by atoms with Crippen LogP contribution >= 0.6 is 0 Å². The first kappa shape index (κ1) is 50.2. The minimum Gasteiger partial charge on any atom is -0.478 e. The Hall–Kier alpha value is -6.95. The van der Waals surface area contributed by atoms with Crippen LogP contribution < -0.4 is 0 Å². The summed E-state index contributed by atoms with van der Waals surface area (Å²) >= 11 is 0. The monoisotopic (exact) mass is 769 g/mol. The predicted molar refractivity (Wildman–Crippen MR) is 194 cm³/mol. The first-order valence-corrected chi connectivity index (χ1v) is 15.9. The highest BCUT2D eigenvalue weighted by atomic mass is 16.6. The van der Waals surface area contributed by atoms with Crippen molar-refractivity contribution in [3.8, 4) is 0 Å². The molecular weight excluding hydrogens is 726 g/mol. The van der Waals surface area contributed by atoms with Gasteiger partial charge in [-0.15, -0.1) is 0 Å². The third-order valence-corrected chi connectivity index (χ3v) is 5.25. The van der Waals surface area contributed by atoms with Crippen molar-refractivity contribution >= 4 is 60.2 Å². The van der Waals surface area contributed by atoms with Gasteiger partial charge >= 0.3 is 41.8 Å². The zero-order chi connectivity index (χ0) is 42.2. The highest BCUT2D eigenvalue weighted by Crippen LogP contribution is 2.03. The number of carboxylic acids is 2. The summed E-state index contributed by atoms with van der Waals surface area (Å²) < 4.78 is 17.5. The van der Waals surface area contributed by atoms with Crippen LogP contribution in [0, 0.1) is 6.92 Å². The molecule has 3 aromatic rings. The van der Waals surface area contributed by atoms with Crippen LogP contribution in [0.5, 0.6) is 0 Å². The van der Waals surface area contributed by atoms with E-state index in [0.29, 0.717) is 24.6 Å². The second-order valence-corrected chi connectivity index (χ2v) is 9.65. The molecule has 3 heterocycles. The molecule has 0 bridgehead atoms. The second kappa shape index (κ2) is 30.7. The Morgan fingerprint density at radius 2 is 1.04 bits per heavy atom. The van der Waals surface area contributed by atoms with Gasteiger partial charge in [-0.1, -0.05) is 6.07 Å². The molecule has 3 rings (SSSR count). The fraction of sp³-hybridized carbons (Fsp3) is 0.270. The van der Waals surface area contributed by atoms with E-state index in [1.165, 1.54) is 62.7 Å². The molecule has 18 heteroatoms. The maximum absolute atomic E-state index is 11.0. The molecule has 0 atom stereocenters. The van der Waals surface area contributed by atoms with E-state index in [1.807, 2.05) is 6.92 Å². The smallest absolute Gasteiger partial charge is 0.371 e. The highest BCUT2D eigenvalue weighted by Gasteiger charge is 2.02. The number of aromatic carboxylic acids is 2. The first-order valence-electron chi connectivity index (χ1n) is 15.9. The zero-order valence-electron chi connectivity index (χ0n) is 31.0. The maximum atomic E-state index is 11.0. The Kier molecular flexibility index (Phi) is 28.0. The van der Waals surface area contributed by atoms with Crippen LogP contribution in [-0.4, -0.2) is 98.2 Å². The number of aliphatic hydroxyl groups excluding tert-OH is 1. The Morgan fingerprint density at radius 1 is 0.618 bits per heavy atom. The van der Waals surface area contributed by atoms with Gasteiger partial charge < -0.3 is 34.3 Å². The number of esters is 5. The summed E-state index contributed by atoms with van der Waals surface area (Å²) in [5.41, 5.74) is 3.05. The number of hydrogen-bond acceptors (Lipinski definition) is 16. The number of rotatable bonds is 11. The minimum absolute atomic E-state index is 0.0329. The van der Waals surface area contributed by atoms with Crippen LogP contribution in [0.3, 0.4) is 0 Å². The van der Waals surface area contributed by atoms with Gasteiger partial charge in [-0.05, 0) is 75.7 Å². The van der Waals surface area contributed by atoms with Crippen LogP contribution in [0.15, 0.2) is 67.1 Å². The number of carboxylic acid groups (broad SMARTS) is 2. The summed E-state index contributed by atoms with van der Waals surface area (Å²) in [5, 5.41) is 25.9. The summed E-state index contributed by atoms with van der Waals surface area (Å²) in [7, 11) is 0. The first-order chi connectivity index (χ1) is 26.0. The molecule has 0 unspecified atom stereocenters. The lowest BCUT2D eigenvalue weighted by Gasteiger charge is -1.96. The lowest BCUT2D eigenvalue weighted by Crippen LogP contribution is -2.03. The molecule has 55 heavy (non-hydrogen) atoms. The number of aryl methyl sites for hydroxylation is 1. The third-order valence-electron chi connectivity index (χ3n) is 5.25. The average Bonchev–Trinajstić information content (AvgIpc) is 3.14. The van der Waals surface area contributed by atoms with Crippen molar-refractivity contribution in [3.63, 3.8) is 0 Å². The molecule has 0 saturated heterocycles. The Bertz CT molecular complexity index is 1710. The van der Waals surface area contributed by atoms with Crippen LogP contribution in [0.1, 0.15) is 78.0 Å². The summed E-state index contributed by atoms with van der Waals surface area (Å²) in [4.78, 5) is 93.3. The quantitative estimate of drug-likeness (QED) is 0.0629. The van der Waals surface area contributed by atoms with E-state index in [1.54, 1.807) is 51.2 Å². The van der Waals surface area contributed by atoms with Gasteiger partial charge in [0.05, 0.1) is 48.9 Å². The van der Waals surface area contributed by atoms with Gasteiger partial charge in [-0.25, -0.2) is 24.0 Å². The molecule has 296 valence electrons. The molecule has 0 aromatic carbocycles. The van der Waals surface area contributed by atoms with E-state index >= 15 is 0 Å². The largest absolute Gasteiger partial charge is 0.478 e. The molecule has 3 N–H and O–H groups in total. The number of pyridine rings is 3. The van der Waals surface area contributed by atoms with Crippen LogP contribution in [-0.2, 0) is 54.3 Å². The fourth-order valence-corrected chi connectivity index (χ4v) is 2.92. The molecule has 0 aliphatic carbocycles. The molecule has 0 aliphatic heterocycles. The number of aldehydes is 1. The lowest BCUT2D eigenvalue weighted by molar-refractivity contribution is -0.156. The van der Waals surface area contributed by atoms with Crippen molar-refractivity contribution in [1.82, 2.24) is 15.0 Å². The summed E-state index contributed by atoms with van der Waals surface area (Å²) in [6, 6.07) is 9.60. The number of hydrogen-bond donors (Lipinski definition) is 3. The van der Waals surface area contributed by atoms with E-state index in [0.717, 1.165) is 11.3 Å². The number of ether oxygens (including phenoxy) is 4. The minimum atomic E-state index is -1.03. The van der Waals surface area contributed by atoms with Crippen LogP contribution in [0.2, 0.25) is 0 Å². The van der Waals surface area contributed by atoms with Gasteiger partial charge in [0.1, 0.15) is 0 Å². The molecular formula is C37H43N3O15. The predicted octanol–water partition coefficient (Wildman–Crippen LogP) is 3.44. The van der Waals surface area contributed by atoms with Crippen molar-refractivity contribution in [2.24, 2.45) is 0 Å². The van der Waals surface area contributed by atoms with Gasteiger partial charge in [-0.3, -0.25) is 29.3 Å². The Morgan fingerprint density at radius 3 is 1.31 bits per heavy atom. The third kappa shape index (κ3) is 28.3. The van der Waals surface area contributed by atoms with Crippen LogP contribution in [0.25, 0.3) is 12.2 Å². The van der Waals surface area contributed by atoms with Gasteiger partial charge in [-0.2, -0.15) is 0 Å². The van der Waals surface area contributed by atoms with E-state index in [9.17, 15) is 38.4 Å². The van der Waals surface area contributed by atoms with E-state index in [2.05, 4.69) is 29.2 Å². The summed E-state index contributed by atoms with van der Waals surface area (Å²) in [6.45, 7) is 10.2. The molecule has 0 amide bonds. The fourth-order valence-electron chi connectivity index (χ4n) is 2.92. The van der Waals surface area contributed by atoms with Crippen molar-refractivity contribution < 1.29 is 72.6 Å². The standard InChI is InChI=1S/C11H11NO4.C11H13NO3.C7H7NO2.2C4H6O3/c1-2-16-10(13)6-5-9-4-3-8(7-12-9)11(14)15;1-2-15-11(14)6-5-10-4-3-9(8-13)7-12-10;1-5-2-3-6(4-8-5)7(9)10;1-3(5)7-4(2)6;1-2-7-4(6)3-5/h3-7H,2H2,1H3,(H,14,15);3-7,13H,2,8H2,1H3;2-4H,1H3,(H,9,10);1-2H3;3H,2H2,1H3/b2*6-5+;;;. The van der Waals surface area contributed by atoms with Gasteiger partial charge in [0.25, 0.3) is 0 Å². The van der Waals surface area contributed by atoms with Crippen LogP contribution in [0.4, 0.5) is 0 Å². The maximum Gasteiger partial charge on any atom is 0.371 e. The summed E-state index contributed by atoms with van der Waals surface area (Å²) in [5.74, 6) is -4.74. The summed E-state index contributed by atoms with van der Waals surface area (Å²) in [6.07, 6.45) is 9.87. The van der Waals surface area contributed by atoms with Gasteiger partial charge in [0.2, 0.25) is 6.29 Å². The molecule has 0 radical (unpaired) electrons. The van der Waals surface area contributed by atoms with E-state index in [4.69, 9.17) is 20.1 Å². The highest BCUT2D eigenvalue weighted by molar-refractivity contribution is 6.20. The van der Waals surface area contributed by atoms with Crippen molar-refractivity contribution in [2.75, 3.05) is 19.8 Å². The molecule has 3 aromatic heterocycles. The van der Waals surface area contributed by atoms with Gasteiger partial charge in [0, 0.05) is 50.3 Å². The van der Waals surface area contributed by atoms with Crippen molar-refractivity contribution in [3.05, 3.63) is 101 Å².